The van der Waals surface area contributed by atoms with Crippen molar-refractivity contribution < 1.29 is 9.59 Å². The lowest BCUT2D eigenvalue weighted by molar-refractivity contribution is -0.132. The number of piperidine rings is 1. The Labute approximate surface area is 161 Å². The summed E-state index contributed by atoms with van der Waals surface area (Å²) in [7, 11) is 1.98. The van der Waals surface area contributed by atoms with E-state index in [-0.39, 0.29) is 11.8 Å². The van der Waals surface area contributed by atoms with Crippen molar-refractivity contribution in [1.82, 2.24) is 15.5 Å². The highest BCUT2D eigenvalue weighted by Crippen LogP contribution is 2.20. The molecule has 27 heavy (non-hydrogen) atoms. The number of nitrogens with zero attached hydrogens (tertiary/aromatic N) is 1. The summed E-state index contributed by atoms with van der Waals surface area (Å²) in [5, 5.41) is 8.22. The van der Waals surface area contributed by atoms with Crippen LogP contribution in [0.4, 0.5) is 0 Å². The topological polar surface area (TPSA) is 61.4 Å². The van der Waals surface area contributed by atoms with Gasteiger partial charge in [-0.2, -0.15) is 0 Å². The number of carbonyl (C=O) groups excluding carboxylic acids is 2. The minimum Gasteiger partial charge on any atom is -0.352 e. The molecule has 0 radical (unpaired) electrons. The van der Waals surface area contributed by atoms with Gasteiger partial charge >= 0.3 is 0 Å². The minimum atomic E-state index is -0.126. The molecule has 5 nitrogen and oxygen atoms in total. The predicted molar refractivity (Wildman–Crippen MR) is 109 cm³/mol. The molecule has 0 aromatic heterocycles. The number of likely N-dealkylation sites (tertiary alicyclic amines) is 1. The van der Waals surface area contributed by atoms with Crippen molar-refractivity contribution >= 4 is 22.6 Å². The van der Waals surface area contributed by atoms with Gasteiger partial charge in [0.25, 0.3) is 5.91 Å². The molecular weight excluding hydrogens is 338 g/mol. The van der Waals surface area contributed by atoms with E-state index in [0.29, 0.717) is 24.4 Å². The molecule has 0 spiro atoms. The largest absolute Gasteiger partial charge is 0.352 e. The number of fused-ring (bicyclic) bond motifs is 1. The van der Waals surface area contributed by atoms with Crippen LogP contribution >= 0.6 is 0 Å². The molecule has 1 heterocycles. The molecule has 1 aliphatic rings. The van der Waals surface area contributed by atoms with Gasteiger partial charge in [0.1, 0.15) is 0 Å². The molecule has 0 bridgehead atoms. The second-order valence-electron chi connectivity index (χ2n) is 7.28. The van der Waals surface area contributed by atoms with Crippen LogP contribution in [0.15, 0.2) is 42.5 Å². The van der Waals surface area contributed by atoms with Crippen LogP contribution in [0.5, 0.6) is 0 Å². The maximum Gasteiger partial charge on any atom is 0.251 e. The molecule has 2 aromatic carbocycles. The van der Waals surface area contributed by atoms with Crippen molar-refractivity contribution in [1.29, 1.82) is 0 Å². The van der Waals surface area contributed by atoms with Gasteiger partial charge in [0.2, 0.25) is 5.91 Å². The molecule has 0 atom stereocenters. The third kappa shape index (κ3) is 5.30. The number of rotatable bonds is 7. The van der Waals surface area contributed by atoms with E-state index < -0.39 is 0 Å². The van der Waals surface area contributed by atoms with E-state index in [9.17, 15) is 9.59 Å². The predicted octanol–water partition coefficient (Wildman–Crippen LogP) is 2.81. The number of benzene rings is 2. The summed E-state index contributed by atoms with van der Waals surface area (Å²) >= 11 is 0. The Kier molecular flexibility index (Phi) is 6.82. The quantitative estimate of drug-likeness (QED) is 0.791. The number of nitrogens with one attached hydrogen (secondary N) is 2. The van der Waals surface area contributed by atoms with E-state index in [1.807, 2.05) is 54.4 Å². The highest BCUT2D eigenvalue weighted by molar-refractivity contribution is 5.98. The minimum absolute atomic E-state index is 0.126. The molecule has 1 fully saturated rings. The monoisotopic (exact) mass is 367 g/mol. The van der Waals surface area contributed by atoms with Crippen molar-refractivity contribution in [2.45, 2.75) is 25.7 Å². The smallest absolute Gasteiger partial charge is 0.251 e. The fraction of sp³-hybridized carbons (Fsp3) is 0.455. The van der Waals surface area contributed by atoms with Gasteiger partial charge in [-0.05, 0) is 61.7 Å². The zero-order valence-corrected chi connectivity index (χ0v) is 16.0. The molecule has 0 aliphatic carbocycles. The Balaban J connectivity index is 1.42. The lowest BCUT2D eigenvalue weighted by Crippen LogP contribution is -2.40. The lowest BCUT2D eigenvalue weighted by Gasteiger charge is -2.32. The van der Waals surface area contributed by atoms with Crippen LogP contribution in [0.3, 0.4) is 0 Å². The van der Waals surface area contributed by atoms with Gasteiger partial charge in [-0.3, -0.25) is 9.59 Å². The molecule has 2 N–H and O–H groups in total. The Morgan fingerprint density at radius 3 is 2.52 bits per heavy atom. The first-order valence-corrected chi connectivity index (χ1v) is 9.87. The molecule has 1 aliphatic heterocycles. The van der Waals surface area contributed by atoms with Crippen LogP contribution < -0.4 is 10.6 Å². The van der Waals surface area contributed by atoms with E-state index in [1.54, 1.807) is 0 Å². The first kappa shape index (κ1) is 19.4. The Morgan fingerprint density at radius 2 is 1.78 bits per heavy atom. The molecule has 0 saturated carbocycles. The molecule has 2 aromatic rings. The molecule has 3 rings (SSSR count). The van der Waals surface area contributed by atoms with Crippen molar-refractivity contribution in [2.75, 3.05) is 33.2 Å². The van der Waals surface area contributed by atoms with Gasteiger partial charge in [-0.1, -0.05) is 30.3 Å². The van der Waals surface area contributed by atoms with Gasteiger partial charge in [0.15, 0.2) is 0 Å². The third-order valence-electron chi connectivity index (χ3n) is 5.41. The van der Waals surface area contributed by atoms with Gasteiger partial charge in [0, 0.05) is 31.6 Å². The zero-order chi connectivity index (χ0) is 19.1. The summed E-state index contributed by atoms with van der Waals surface area (Å²) in [6, 6.07) is 13.6. The second kappa shape index (κ2) is 9.51. The summed E-state index contributed by atoms with van der Waals surface area (Å²) in [4.78, 5) is 26.7. The molecule has 144 valence electrons. The molecule has 2 amide bonds. The lowest BCUT2D eigenvalue weighted by atomic mass is 9.93. The van der Waals surface area contributed by atoms with Gasteiger partial charge in [-0.25, -0.2) is 0 Å². The Morgan fingerprint density at radius 1 is 1.04 bits per heavy atom. The Hall–Kier alpha value is -2.40. The third-order valence-corrected chi connectivity index (χ3v) is 5.41. The van der Waals surface area contributed by atoms with Crippen molar-refractivity contribution in [3.8, 4) is 0 Å². The van der Waals surface area contributed by atoms with Crippen LogP contribution in [0, 0.1) is 5.92 Å². The zero-order valence-electron chi connectivity index (χ0n) is 16.0. The van der Waals surface area contributed by atoms with E-state index in [1.165, 1.54) is 6.42 Å². The normalized spacial score (nSPS) is 15.1. The number of hydrogen-bond donors (Lipinski definition) is 2. The van der Waals surface area contributed by atoms with Gasteiger partial charge in [-0.15, -0.1) is 0 Å². The SMILES string of the molecule is CNCCC1CCN(C(=O)CCNC(=O)c2ccc3ccccc3c2)CC1. The standard InChI is InChI=1S/C22H29N3O2/c1-23-12-8-17-10-14-25(15-11-17)21(26)9-13-24-22(27)20-7-6-18-4-2-3-5-19(18)16-20/h2-7,16-17,23H,8-15H2,1H3,(H,24,27). The highest BCUT2D eigenvalue weighted by Gasteiger charge is 2.22. The second-order valence-corrected chi connectivity index (χ2v) is 7.28. The summed E-state index contributed by atoms with van der Waals surface area (Å²) in [6.07, 6.45) is 3.70. The molecule has 0 unspecified atom stereocenters. The summed E-state index contributed by atoms with van der Waals surface area (Å²) in [6.45, 7) is 3.10. The van der Waals surface area contributed by atoms with Crippen molar-refractivity contribution in [3.05, 3.63) is 48.0 Å². The highest BCUT2D eigenvalue weighted by atomic mass is 16.2. The van der Waals surface area contributed by atoms with Crippen LogP contribution in [0.2, 0.25) is 0 Å². The van der Waals surface area contributed by atoms with Crippen molar-refractivity contribution in [3.63, 3.8) is 0 Å². The number of amides is 2. The maximum absolute atomic E-state index is 12.4. The van der Waals surface area contributed by atoms with E-state index in [4.69, 9.17) is 0 Å². The van der Waals surface area contributed by atoms with E-state index >= 15 is 0 Å². The van der Waals surface area contributed by atoms with Crippen LogP contribution in [0.1, 0.15) is 36.0 Å². The molecule has 5 heteroatoms. The Bertz CT molecular complexity index is 782. The molecular formula is C22H29N3O2. The first-order chi connectivity index (χ1) is 13.2. The van der Waals surface area contributed by atoms with Crippen LogP contribution in [0.25, 0.3) is 10.8 Å². The van der Waals surface area contributed by atoms with E-state index in [2.05, 4.69) is 10.6 Å². The number of carbonyl (C=O) groups is 2. The summed E-state index contributed by atoms with van der Waals surface area (Å²) < 4.78 is 0. The summed E-state index contributed by atoms with van der Waals surface area (Å²) in [5.41, 5.74) is 0.631. The maximum atomic E-state index is 12.4. The average Bonchev–Trinajstić information content (AvgIpc) is 2.72. The van der Waals surface area contributed by atoms with Crippen LogP contribution in [-0.2, 0) is 4.79 Å². The average molecular weight is 367 g/mol. The summed E-state index contributed by atoms with van der Waals surface area (Å²) in [5.74, 6) is 0.731. The fourth-order valence-electron chi connectivity index (χ4n) is 3.69. The number of hydrogen-bond acceptors (Lipinski definition) is 3. The van der Waals surface area contributed by atoms with Gasteiger partial charge in [0.05, 0.1) is 0 Å². The molecule has 1 saturated heterocycles. The first-order valence-electron chi connectivity index (χ1n) is 9.87. The van der Waals surface area contributed by atoms with Gasteiger partial charge < -0.3 is 15.5 Å². The van der Waals surface area contributed by atoms with E-state index in [0.717, 1.165) is 43.2 Å². The van der Waals surface area contributed by atoms with Crippen molar-refractivity contribution in [2.24, 2.45) is 5.92 Å². The van der Waals surface area contributed by atoms with Crippen LogP contribution in [-0.4, -0.2) is 49.9 Å². The fourth-order valence-corrected chi connectivity index (χ4v) is 3.69.